The van der Waals surface area contributed by atoms with Crippen LogP contribution in [-0.2, 0) is 24.0 Å². The molecule has 0 spiro atoms. The van der Waals surface area contributed by atoms with Crippen LogP contribution >= 0.6 is 0 Å². The molecule has 3 rings (SSSR count). The number of ketones is 1. The van der Waals surface area contributed by atoms with Crippen molar-refractivity contribution in [3.63, 3.8) is 0 Å². The molecule has 2 saturated heterocycles. The number of amides is 4. The average molecular weight is 484 g/mol. The van der Waals surface area contributed by atoms with Crippen LogP contribution < -0.4 is 10.6 Å². The maximum atomic E-state index is 13.4. The minimum atomic E-state index is -1.54. The molecule has 0 radical (unpaired) electrons. The number of hydrogen-bond donors (Lipinski definition) is 3. The third kappa shape index (κ3) is 5.95. The highest BCUT2D eigenvalue weighted by Crippen LogP contribution is 2.25. The van der Waals surface area contributed by atoms with E-state index in [2.05, 4.69) is 15.4 Å². The van der Waals surface area contributed by atoms with Gasteiger partial charge < -0.3 is 21.3 Å². The van der Waals surface area contributed by atoms with E-state index in [4.69, 9.17) is 10.6 Å². The first-order chi connectivity index (χ1) is 16.7. The molecule has 0 aliphatic carbocycles. The Morgan fingerprint density at radius 2 is 1.89 bits per heavy atom. The Balaban J connectivity index is 1.84. The molecule has 4 amide bonds. The smallest absolute Gasteiger partial charge is 0.325 e. The van der Waals surface area contributed by atoms with Crippen molar-refractivity contribution in [3.05, 3.63) is 41.4 Å². The number of carboxylic acids is 1. The lowest BCUT2D eigenvalue weighted by molar-refractivity contribution is -0.176. The van der Waals surface area contributed by atoms with Crippen LogP contribution in [0.15, 0.2) is 30.3 Å². The predicted octanol–water partition coefficient (Wildman–Crippen LogP) is -0.857. The SMILES string of the molecule is [N-]=[N+]=CC(=O)C(CC(=O)O)NC(=O)C1CCCN2C(=O)CCC(NC(=O)c3ccccc3)C(=O)N12. The Morgan fingerprint density at radius 1 is 1.17 bits per heavy atom. The van der Waals surface area contributed by atoms with Crippen LogP contribution in [0.25, 0.3) is 5.53 Å². The number of Topliss-reactive ketones (excluding diaryl/α,β-unsaturated/α-hetero) is 1. The summed E-state index contributed by atoms with van der Waals surface area (Å²) in [7, 11) is 0. The first kappa shape index (κ1) is 25.2. The van der Waals surface area contributed by atoms with Gasteiger partial charge in [-0.2, -0.15) is 4.79 Å². The summed E-state index contributed by atoms with van der Waals surface area (Å²) in [6.45, 7) is 0.183. The predicted molar refractivity (Wildman–Crippen MR) is 117 cm³/mol. The summed E-state index contributed by atoms with van der Waals surface area (Å²) >= 11 is 0. The second-order valence-electron chi connectivity index (χ2n) is 8.09. The summed E-state index contributed by atoms with van der Waals surface area (Å²) in [5.74, 6) is -4.78. The number of benzene rings is 1. The fraction of sp³-hybridized carbons (Fsp3) is 0.409. The number of fused-ring (bicyclic) bond motifs is 1. The monoisotopic (exact) mass is 484 g/mol. The summed E-state index contributed by atoms with van der Waals surface area (Å²) in [4.78, 5) is 77.7. The average Bonchev–Trinajstić information content (AvgIpc) is 2.96. The molecule has 35 heavy (non-hydrogen) atoms. The molecule has 3 unspecified atom stereocenters. The number of nitrogens with zero attached hydrogens (tertiary/aromatic N) is 4. The molecule has 2 heterocycles. The van der Waals surface area contributed by atoms with E-state index < -0.39 is 59.9 Å². The zero-order valence-corrected chi connectivity index (χ0v) is 18.6. The zero-order chi connectivity index (χ0) is 25.5. The normalized spacial score (nSPS) is 20.6. The van der Waals surface area contributed by atoms with E-state index >= 15 is 0 Å². The third-order valence-electron chi connectivity index (χ3n) is 5.73. The van der Waals surface area contributed by atoms with E-state index in [0.29, 0.717) is 18.2 Å². The lowest BCUT2D eigenvalue weighted by atomic mass is 10.0. The Bertz CT molecular complexity index is 1090. The molecule has 0 aromatic heterocycles. The van der Waals surface area contributed by atoms with Crippen LogP contribution in [0.2, 0.25) is 0 Å². The van der Waals surface area contributed by atoms with Gasteiger partial charge >= 0.3 is 12.2 Å². The molecule has 0 bridgehead atoms. The molecule has 2 fully saturated rings. The van der Waals surface area contributed by atoms with Crippen LogP contribution in [0.3, 0.4) is 0 Å². The van der Waals surface area contributed by atoms with Gasteiger partial charge in [0.25, 0.3) is 17.6 Å². The van der Waals surface area contributed by atoms with E-state index in [-0.39, 0.29) is 25.8 Å². The fourth-order valence-corrected chi connectivity index (χ4v) is 4.05. The van der Waals surface area contributed by atoms with Crippen molar-refractivity contribution in [1.82, 2.24) is 20.7 Å². The summed E-state index contributed by atoms with van der Waals surface area (Å²) in [6, 6.07) is 4.36. The van der Waals surface area contributed by atoms with Crippen LogP contribution in [-0.4, -0.2) is 86.2 Å². The van der Waals surface area contributed by atoms with E-state index in [0.717, 1.165) is 10.0 Å². The summed E-state index contributed by atoms with van der Waals surface area (Å²) < 4.78 is 0. The molecular weight excluding hydrogens is 460 g/mol. The number of carbonyl (C=O) groups is 6. The van der Waals surface area contributed by atoms with Crippen LogP contribution in [0.4, 0.5) is 0 Å². The maximum Gasteiger partial charge on any atom is 0.325 e. The molecule has 13 nitrogen and oxygen atoms in total. The second-order valence-corrected chi connectivity index (χ2v) is 8.09. The first-order valence-corrected chi connectivity index (χ1v) is 11.0. The van der Waals surface area contributed by atoms with Gasteiger partial charge in [0.1, 0.15) is 18.1 Å². The van der Waals surface area contributed by atoms with Gasteiger partial charge in [0.2, 0.25) is 11.8 Å². The summed E-state index contributed by atoms with van der Waals surface area (Å²) in [6.07, 6.45) is 0.202. The lowest BCUT2D eigenvalue weighted by Crippen LogP contribution is -2.64. The Labute approximate surface area is 199 Å². The van der Waals surface area contributed by atoms with Crippen LogP contribution in [0.1, 0.15) is 42.5 Å². The Kier molecular flexibility index (Phi) is 8.05. The highest BCUT2D eigenvalue weighted by Gasteiger charge is 2.45. The van der Waals surface area contributed by atoms with Crippen molar-refractivity contribution in [2.45, 2.75) is 50.2 Å². The molecular formula is C22H24N6O7. The molecule has 1 aromatic rings. The van der Waals surface area contributed by atoms with Crippen molar-refractivity contribution in [2.24, 2.45) is 0 Å². The van der Waals surface area contributed by atoms with Crippen LogP contribution in [0.5, 0.6) is 0 Å². The molecule has 184 valence electrons. The van der Waals surface area contributed by atoms with Crippen molar-refractivity contribution in [3.8, 4) is 0 Å². The van der Waals surface area contributed by atoms with Crippen molar-refractivity contribution in [2.75, 3.05) is 6.54 Å². The molecule has 13 heteroatoms. The molecule has 2 aliphatic rings. The fourth-order valence-electron chi connectivity index (χ4n) is 4.05. The zero-order valence-electron chi connectivity index (χ0n) is 18.6. The standard InChI is InChI=1S/C22H24N6O7/c23-24-12-17(29)15(11-19(31)32)26-21(34)16-7-4-10-27-18(30)9-8-14(22(35)28(16)27)25-20(33)13-5-2-1-3-6-13/h1-3,5-6,12,14-16H,4,7-11H2,(H,25,33)(H,26,34)(H,31,32). The molecule has 3 N–H and O–H groups in total. The van der Waals surface area contributed by atoms with Gasteiger partial charge in [-0.25, -0.2) is 5.01 Å². The van der Waals surface area contributed by atoms with E-state index in [9.17, 15) is 28.8 Å². The number of rotatable bonds is 8. The Morgan fingerprint density at radius 3 is 2.54 bits per heavy atom. The van der Waals surface area contributed by atoms with Gasteiger partial charge in [-0.15, -0.1) is 0 Å². The van der Waals surface area contributed by atoms with E-state index in [1.54, 1.807) is 30.3 Å². The quantitative estimate of drug-likeness (QED) is 0.243. The largest absolute Gasteiger partial charge is 0.481 e. The topological polar surface area (TPSA) is 190 Å². The van der Waals surface area contributed by atoms with Gasteiger partial charge in [-0.3, -0.25) is 33.8 Å². The summed E-state index contributed by atoms with van der Waals surface area (Å²) in [5, 5.41) is 16.1. The highest BCUT2D eigenvalue weighted by atomic mass is 16.4. The highest BCUT2D eigenvalue weighted by molar-refractivity contribution is 6.28. The third-order valence-corrected chi connectivity index (χ3v) is 5.73. The maximum absolute atomic E-state index is 13.4. The van der Waals surface area contributed by atoms with Gasteiger partial charge in [-0.1, -0.05) is 18.2 Å². The molecule has 1 aromatic carbocycles. The van der Waals surface area contributed by atoms with Gasteiger partial charge in [0, 0.05) is 18.5 Å². The van der Waals surface area contributed by atoms with Crippen molar-refractivity contribution >= 4 is 41.6 Å². The number of aliphatic carboxylic acids is 1. The molecule has 0 saturated carbocycles. The second kappa shape index (κ2) is 11.2. The molecule has 3 atom stereocenters. The number of nitrogens with one attached hydrogen (secondary N) is 2. The lowest BCUT2D eigenvalue weighted by Gasteiger charge is -2.43. The number of carbonyl (C=O) groups excluding carboxylic acids is 5. The number of carboxylic acid groups (broad SMARTS) is 1. The van der Waals surface area contributed by atoms with Crippen LogP contribution in [0, 0.1) is 0 Å². The van der Waals surface area contributed by atoms with Gasteiger partial charge in [-0.05, 0) is 31.4 Å². The summed E-state index contributed by atoms with van der Waals surface area (Å²) in [5.41, 5.74) is 8.91. The minimum absolute atomic E-state index is 0.0324. The number of hydrazine groups is 1. The molecule has 2 aliphatic heterocycles. The first-order valence-electron chi connectivity index (χ1n) is 11.0. The van der Waals surface area contributed by atoms with Crippen molar-refractivity contribution in [1.29, 1.82) is 0 Å². The van der Waals surface area contributed by atoms with Gasteiger partial charge in [0.15, 0.2) is 0 Å². The van der Waals surface area contributed by atoms with Crippen molar-refractivity contribution < 1.29 is 38.7 Å². The van der Waals surface area contributed by atoms with E-state index in [1.807, 2.05) is 0 Å². The van der Waals surface area contributed by atoms with E-state index in [1.165, 1.54) is 0 Å². The number of hydrogen-bond acceptors (Lipinski definition) is 6. The minimum Gasteiger partial charge on any atom is -0.481 e. The van der Waals surface area contributed by atoms with Gasteiger partial charge in [0.05, 0.1) is 6.42 Å². The Hall–Kier alpha value is -4.38.